The van der Waals surface area contributed by atoms with Crippen LogP contribution in [0.2, 0.25) is 0 Å². The Balaban J connectivity index is 1.55. The van der Waals surface area contributed by atoms with Crippen LogP contribution in [0.15, 0.2) is 47.5 Å². The van der Waals surface area contributed by atoms with Crippen LogP contribution >= 0.6 is 11.3 Å². The van der Waals surface area contributed by atoms with E-state index in [2.05, 4.69) is 22.2 Å². The van der Waals surface area contributed by atoms with Crippen molar-refractivity contribution in [3.05, 3.63) is 63.5 Å². The topological polar surface area (TPSA) is 84.1 Å². The fourth-order valence-electron chi connectivity index (χ4n) is 2.30. The van der Waals surface area contributed by atoms with Crippen LogP contribution in [0, 0.1) is 0 Å². The van der Waals surface area contributed by atoms with Gasteiger partial charge in [-0.1, -0.05) is 19.1 Å². The molecule has 1 amide bonds. The van der Waals surface area contributed by atoms with Crippen molar-refractivity contribution in [3.63, 3.8) is 0 Å². The van der Waals surface area contributed by atoms with Gasteiger partial charge in [-0.2, -0.15) is 0 Å². The molecule has 0 fully saturated rings. The summed E-state index contributed by atoms with van der Waals surface area (Å²) < 4.78 is 5.52. The van der Waals surface area contributed by atoms with E-state index in [1.54, 1.807) is 12.1 Å². The van der Waals surface area contributed by atoms with E-state index in [1.807, 2.05) is 24.3 Å². The highest BCUT2D eigenvalue weighted by atomic mass is 32.1. The number of aromatic nitrogens is 2. The SMILES string of the molecule is CCCOc1ccc(/C=C/C(=O)NCc2cc3c(=O)[nH]cnc3s2)cc1. The standard InChI is InChI=1S/C19H19N3O3S/c1-2-9-25-14-6-3-13(4-7-14)5-8-17(23)20-11-15-10-16-18(24)21-12-22-19(16)26-15/h3-8,10,12H,2,9,11H2,1H3,(H,20,23)(H,21,22,24)/b8-5+. The van der Waals surface area contributed by atoms with Gasteiger partial charge in [0.1, 0.15) is 10.6 Å². The number of hydrogen-bond acceptors (Lipinski definition) is 5. The molecule has 0 radical (unpaired) electrons. The van der Waals surface area contributed by atoms with E-state index in [1.165, 1.54) is 23.7 Å². The number of benzene rings is 1. The lowest BCUT2D eigenvalue weighted by molar-refractivity contribution is -0.116. The molecule has 0 aliphatic rings. The largest absolute Gasteiger partial charge is 0.494 e. The Bertz CT molecular complexity index is 974. The minimum absolute atomic E-state index is 0.171. The number of carbonyl (C=O) groups excluding carboxylic acids is 1. The van der Waals surface area contributed by atoms with Crippen molar-refractivity contribution >= 4 is 33.5 Å². The molecule has 0 aliphatic carbocycles. The maximum atomic E-state index is 12.0. The normalized spacial score (nSPS) is 11.1. The first kappa shape index (κ1) is 17.9. The number of hydrogen-bond donors (Lipinski definition) is 2. The lowest BCUT2D eigenvalue weighted by Gasteiger charge is -2.04. The second kappa shape index (κ2) is 8.44. The van der Waals surface area contributed by atoms with Gasteiger partial charge < -0.3 is 15.0 Å². The number of fused-ring (bicyclic) bond motifs is 1. The van der Waals surface area contributed by atoms with Crippen LogP contribution in [-0.4, -0.2) is 22.5 Å². The second-order valence-electron chi connectivity index (χ2n) is 5.63. The minimum atomic E-state index is -0.198. The summed E-state index contributed by atoms with van der Waals surface area (Å²) in [5.41, 5.74) is 0.747. The summed E-state index contributed by atoms with van der Waals surface area (Å²) in [4.78, 5) is 31.9. The maximum absolute atomic E-state index is 12.0. The molecule has 0 spiro atoms. The summed E-state index contributed by atoms with van der Waals surface area (Å²) in [5.74, 6) is 0.623. The van der Waals surface area contributed by atoms with Crippen LogP contribution < -0.4 is 15.6 Å². The molecule has 2 heterocycles. The first-order valence-corrected chi connectivity index (χ1v) is 9.12. The molecule has 2 aromatic heterocycles. The van der Waals surface area contributed by atoms with E-state index in [9.17, 15) is 9.59 Å². The summed E-state index contributed by atoms with van der Waals surface area (Å²) in [6.07, 6.45) is 5.58. The average molecular weight is 369 g/mol. The first-order valence-electron chi connectivity index (χ1n) is 8.30. The van der Waals surface area contributed by atoms with E-state index >= 15 is 0 Å². The van der Waals surface area contributed by atoms with E-state index < -0.39 is 0 Å². The molecule has 7 heteroatoms. The first-order chi connectivity index (χ1) is 12.7. The molecule has 6 nitrogen and oxygen atoms in total. The fourth-order valence-corrected chi connectivity index (χ4v) is 3.24. The van der Waals surface area contributed by atoms with Gasteiger partial charge in [0.2, 0.25) is 5.91 Å². The number of amides is 1. The van der Waals surface area contributed by atoms with Crippen molar-refractivity contribution in [2.45, 2.75) is 19.9 Å². The molecule has 0 aliphatic heterocycles. The summed E-state index contributed by atoms with van der Waals surface area (Å²) in [6, 6.07) is 9.33. The van der Waals surface area contributed by atoms with Crippen LogP contribution in [0.3, 0.4) is 0 Å². The summed E-state index contributed by atoms with van der Waals surface area (Å²) >= 11 is 1.39. The monoisotopic (exact) mass is 369 g/mol. The molecule has 3 aromatic rings. The maximum Gasteiger partial charge on any atom is 0.259 e. The lowest BCUT2D eigenvalue weighted by Crippen LogP contribution is -2.19. The molecule has 0 bridgehead atoms. The Hall–Kier alpha value is -2.93. The predicted octanol–water partition coefficient (Wildman–Crippen LogP) is 3.10. The van der Waals surface area contributed by atoms with Crippen LogP contribution in [0.4, 0.5) is 0 Å². The number of carbonyl (C=O) groups is 1. The zero-order valence-electron chi connectivity index (χ0n) is 14.3. The Kier molecular flexibility index (Phi) is 5.80. The zero-order valence-corrected chi connectivity index (χ0v) is 15.1. The third kappa shape index (κ3) is 4.58. The molecular formula is C19H19N3O3S. The van der Waals surface area contributed by atoms with Crippen molar-refractivity contribution in [2.24, 2.45) is 0 Å². The van der Waals surface area contributed by atoms with Gasteiger partial charge in [0, 0.05) is 11.0 Å². The van der Waals surface area contributed by atoms with Crippen LogP contribution in [0.5, 0.6) is 5.75 Å². The molecular weight excluding hydrogens is 350 g/mol. The molecule has 1 aromatic carbocycles. The molecule has 0 saturated carbocycles. The molecule has 0 saturated heterocycles. The zero-order chi connectivity index (χ0) is 18.4. The van der Waals surface area contributed by atoms with Gasteiger partial charge in [-0.3, -0.25) is 9.59 Å². The fraction of sp³-hybridized carbons (Fsp3) is 0.211. The molecule has 26 heavy (non-hydrogen) atoms. The summed E-state index contributed by atoms with van der Waals surface area (Å²) in [7, 11) is 0. The smallest absolute Gasteiger partial charge is 0.259 e. The summed E-state index contributed by atoms with van der Waals surface area (Å²) in [5, 5.41) is 3.35. The number of nitrogens with one attached hydrogen (secondary N) is 2. The minimum Gasteiger partial charge on any atom is -0.494 e. The van der Waals surface area contributed by atoms with Gasteiger partial charge in [-0.15, -0.1) is 11.3 Å². The van der Waals surface area contributed by atoms with Gasteiger partial charge in [0.05, 0.1) is 24.9 Å². The number of H-pyrrole nitrogens is 1. The third-order valence-electron chi connectivity index (χ3n) is 3.60. The van der Waals surface area contributed by atoms with E-state index in [0.717, 1.165) is 22.6 Å². The van der Waals surface area contributed by atoms with Gasteiger partial charge in [-0.05, 0) is 36.3 Å². The Morgan fingerprint density at radius 1 is 1.35 bits per heavy atom. The predicted molar refractivity (Wildman–Crippen MR) is 103 cm³/mol. The van der Waals surface area contributed by atoms with E-state index in [4.69, 9.17) is 4.74 Å². The molecule has 3 rings (SSSR count). The number of aromatic amines is 1. The van der Waals surface area contributed by atoms with Crippen LogP contribution in [-0.2, 0) is 11.3 Å². The molecule has 134 valence electrons. The highest BCUT2D eigenvalue weighted by Crippen LogP contribution is 2.20. The van der Waals surface area contributed by atoms with E-state index in [-0.39, 0.29) is 11.5 Å². The molecule has 0 unspecified atom stereocenters. The van der Waals surface area contributed by atoms with Crippen molar-refractivity contribution in [2.75, 3.05) is 6.61 Å². The Morgan fingerprint density at radius 2 is 2.15 bits per heavy atom. The van der Waals surface area contributed by atoms with Crippen molar-refractivity contribution in [3.8, 4) is 5.75 Å². The number of rotatable bonds is 7. The van der Waals surface area contributed by atoms with Gasteiger partial charge in [0.15, 0.2) is 0 Å². The third-order valence-corrected chi connectivity index (χ3v) is 4.65. The van der Waals surface area contributed by atoms with Gasteiger partial charge >= 0.3 is 0 Å². The second-order valence-corrected chi connectivity index (χ2v) is 6.75. The lowest BCUT2D eigenvalue weighted by atomic mass is 10.2. The summed E-state index contributed by atoms with van der Waals surface area (Å²) in [6.45, 7) is 3.10. The number of nitrogens with zero attached hydrogens (tertiary/aromatic N) is 1. The quantitative estimate of drug-likeness (QED) is 0.627. The number of thiophene rings is 1. The Labute approximate surface area is 154 Å². The highest BCUT2D eigenvalue weighted by Gasteiger charge is 2.06. The van der Waals surface area contributed by atoms with Crippen LogP contribution in [0.1, 0.15) is 23.8 Å². The van der Waals surface area contributed by atoms with Crippen molar-refractivity contribution < 1.29 is 9.53 Å². The van der Waals surface area contributed by atoms with Gasteiger partial charge in [0.25, 0.3) is 5.56 Å². The Morgan fingerprint density at radius 3 is 2.88 bits per heavy atom. The van der Waals surface area contributed by atoms with Crippen LogP contribution in [0.25, 0.3) is 16.3 Å². The van der Waals surface area contributed by atoms with Crippen molar-refractivity contribution in [1.82, 2.24) is 15.3 Å². The molecule has 0 atom stereocenters. The van der Waals surface area contributed by atoms with E-state index in [0.29, 0.717) is 23.4 Å². The molecule has 2 N–H and O–H groups in total. The van der Waals surface area contributed by atoms with Gasteiger partial charge in [-0.25, -0.2) is 4.98 Å². The average Bonchev–Trinajstić information content (AvgIpc) is 3.08. The van der Waals surface area contributed by atoms with Crippen molar-refractivity contribution in [1.29, 1.82) is 0 Å². The number of ether oxygens (including phenoxy) is 1. The highest BCUT2D eigenvalue weighted by molar-refractivity contribution is 7.18.